The Balaban J connectivity index is 1.77. The van der Waals surface area contributed by atoms with E-state index in [1.807, 2.05) is 6.07 Å². The van der Waals surface area contributed by atoms with Crippen LogP contribution in [0.3, 0.4) is 0 Å². The van der Waals surface area contributed by atoms with Gasteiger partial charge in [0, 0.05) is 19.2 Å². The van der Waals surface area contributed by atoms with Crippen molar-refractivity contribution in [1.29, 1.82) is 5.26 Å². The Hall–Kier alpha value is -2.16. The summed E-state index contributed by atoms with van der Waals surface area (Å²) in [6.45, 7) is 1.61. The van der Waals surface area contributed by atoms with E-state index in [1.54, 1.807) is 4.90 Å². The van der Waals surface area contributed by atoms with E-state index in [2.05, 4.69) is 0 Å². The van der Waals surface area contributed by atoms with Gasteiger partial charge >= 0.3 is 0 Å². The summed E-state index contributed by atoms with van der Waals surface area (Å²) in [5, 5.41) is 9.11. The van der Waals surface area contributed by atoms with Crippen molar-refractivity contribution in [2.45, 2.75) is 25.7 Å². The molecule has 1 fully saturated rings. The predicted molar refractivity (Wildman–Crippen MR) is 76.0 cm³/mol. The van der Waals surface area contributed by atoms with Gasteiger partial charge in [0.05, 0.1) is 12.7 Å². The van der Waals surface area contributed by atoms with Gasteiger partial charge in [-0.25, -0.2) is 8.78 Å². The lowest BCUT2D eigenvalue weighted by atomic mass is 10.0. The molecule has 6 heteroatoms. The molecule has 2 rings (SSSR count). The van der Waals surface area contributed by atoms with Gasteiger partial charge in [-0.1, -0.05) is 0 Å². The van der Waals surface area contributed by atoms with Crippen LogP contribution in [0.2, 0.25) is 0 Å². The number of halogens is 2. The van der Waals surface area contributed by atoms with Crippen LogP contribution >= 0.6 is 0 Å². The normalized spacial score (nSPS) is 15.4. The van der Waals surface area contributed by atoms with Gasteiger partial charge in [-0.05, 0) is 37.8 Å². The largest absolute Gasteiger partial charge is 0.491 e. The summed E-state index contributed by atoms with van der Waals surface area (Å²) in [7, 11) is 0. The summed E-state index contributed by atoms with van der Waals surface area (Å²) < 4.78 is 31.3. The van der Waals surface area contributed by atoms with Crippen LogP contribution in [0.5, 0.6) is 5.75 Å². The van der Waals surface area contributed by atoms with Gasteiger partial charge in [-0.3, -0.25) is 4.79 Å². The summed E-state index contributed by atoms with van der Waals surface area (Å²) >= 11 is 0. The van der Waals surface area contributed by atoms with Crippen LogP contribution < -0.4 is 4.74 Å². The van der Waals surface area contributed by atoms with Gasteiger partial charge in [0.15, 0.2) is 11.6 Å². The molecule has 0 N–H and O–H groups in total. The second-order valence-electron chi connectivity index (χ2n) is 5.28. The highest BCUT2D eigenvalue weighted by Crippen LogP contribution is 2.19. The molecule has 0 radical (unpaired) electrons. The van der Waals surface area contributed by atoms with E-state index in [1.165, 1.54) is 6.07 Å². The van der Waals surface area contributed by atoms with Crippen molar-refractivity contribution in [1.82, 2.24) is 4.90 Å². The molecular formula is C16H18F2N2O2. The fourth-order valence-corrected chi connectivity index (χ4v) is 2.46. The standard InChI is InChI=1S/C16H18F2N2O2/c17-13-5-6-15(14(18)10-13)22-9-3-4-12(11-19)16(21)20-7-1-2-8-20/h5-6,10,12H,1-4,7-9H2. The van der Waals surface area contributed by atoms with Crippen molar-refractivity contribution in [2.75, 3.05) is 19.7 Å². The maximum absolute atomic E-state index is 13.4. The van der Waals surface area contributed by atoms with Crippen molar-refractivity contribution >= 4 is 5.91 Å². The number of ether oxygens (including phenoxy) is 1. The van der Waals surface area contributed by atoms with Crippen LogP contribution in [0.1, 0.15) is 25.7 Å². The van der Waals surface area contributed by atoms with Crippen molar-refractivity contribution in [3.05, 3.63) is 29.8 Å². The van der Waals surface area contributed by atoms with Gasteiger partial charge in [0.2, 0.25) is 5.91 Å². The van der Waals surface area contributed by atoms with E-state index in [9.17, 15) is 13.6 Å². The SMILES string of the molecule is N#CC(CCCOc1ccc(F)cc1F)C(=O)N1CCCC1. The third-order valence-corrected chi connectivity index (χ3v) is 3.66. The van der Waals surface area contributed by atoms with E-state index < -0.39 is 17.6 Å². The summed E-state index contributed by atoms with van der Waals surface area (Å²) in [6.07, 6.45) is 2.79. The molecule has 1 saturated heterocycles. The molecule has 1 unspecified atom stereocenters. The molecule has 0 saturated carbocycles. The zero-order chi connectivity index (χ0) is 15.9. The molecule has 1 aromatic carbocycles. The highest BCUT2D eigenvalue weighted by molar-refractivity contribution is 5.81. The maximum Gasteiger partial charge on any atom is 0.239 e. The minimum Gasteiger partial charge on any atom is -0.491 e. The molecule has 1 aliphatic rings. The summed E-state index contributed by atoms with van der Waals surface area (Å²) in [6, 6.07) is 5.12. The number of rotatable bonds is 6. The smallest absolute Gasteiger partial charge is 0.239 e. The Morgan fingerprint density at radius 1 is 1.36 bits per heavy atom. The van der Waals surface area contributed by atoms with E-state index in [0.717, 1.165) is 25.0 Å². The average Bonchev–Trinajstić information content (AvgIpc) is 3.03. The Morgan fingerprint density at radius 2 is 2.09 bits per heavy atom. The minimum atomic E-state index is -0.759. The van der Waals surface area contributed by atoms with E-state index in [0.29, 0.717) is 25.9 Å². The number of hydrogen-bond acceptors (Lipinski definition) is 3. The van der Waals surface area contributed by atoms with Crippen LogP contribution in [0.4, 0.5) is 8.78 Å². The molecule has 1 aliphatic heterocycles. The maximum atomic E-state index is 13.4. The lowest BCUT2D eigenvalue weighted by Crippen LogP contribution is -2.33. The molecule has 0 aliphatic carbocycles. The molecule has 22 heavy (non-hydrogen) atoms. The molecule has 118 valence electrons. The monoisotopic (exact) mass is 308 g/mol. The Kier molecular flexibility index (Phi) is 5.70. The van der Waals surface area contributed by atoms with Crippen molar-refractivity contribution in [3.63, 3.8) is 0 Å². The Bertz CT molecular complexity index is 566. The van der Waals surface area contributed by atoms with E-state index in [4.69, 9.17) is 10.00 Å². The average molecular weight is 308 g/mol. The first-order chi connectivity index (χ1) is 10.6. The quantitative estimate of drug-likeness (QED) is 0.759. The first-order valence-corrected chi connectivity index (χ1v) is 7.38. The highest BCUT2D eigenvalue weighted by Gasteiger charge is 2.25. The Labute approximate surface area is 128 Å². The zero-order valence-electron chi connectivity index (χ0n) is 12.2. The molecule has 1 amide bonds. The molecular weight excluding hydrogens is 290 g/mol. The Morgan fingerprint density at radius 3 is 2.73 bits per heavy atom. The second kappa shape index (κ2) is 7.74. The molecule has 1 heterocycles. The molecule has 1 aromatic rings. The lowest BCUT2D eigenvalue weighted by Gasteiger charge is -2.18. The number of nitrogens with zero attached hydrogens (tertiary/aromatic N) is 2. The van der Waals surface area contributed by atoms with E-state index >= 15 is 0 Å². The van der Waals surface area contributed by atoms with Crippen molar-refractivity contribution in [2.24, 2.45) is 5.92 Å². The number of hydrogen-bond donors (Lipinski definition) is 0. The molecule has 0 spiro atoms. The van der Waals surface area contributed by atoms with Crippen LogP contribution in [-0.4, -0.2) is 30.5 Å². The van der Waals surface area contributed by atoms with Crippen molar-refractivity contribution < 1.29 is 18.3 Å². The van der Waals surface area contributed by atoms with Crippen LogP contribution in [-0.2, 0) is 4.79 Å². The zero-order valence-corrected chi connectivity index (χ0v) is 12.2. The molecule has 0 bridgehead atoms. The molecule has 1 atom stereocenters. The van der Waals surface area contributed by atoms with Crippen LogP contribution in [0, 0.1) is 28.9 Å². The second-order valence-corrected chi connectivity index (χ2v) is 5.28. The number of amides is 1. The number of likely N-dealkylation sites (tertiary alicyclic amines) is 1. The van der Waals surface area contributed by atoms with Gasteiger partial charge in [-0.2, -0.15) is 5.26 Å². The number of carbonyl (C=O) groups excluding carboxylic acids is 1. The number of nitriles is 1. The summed E-state index contributed by atoms with van der Waals surface area (Å²) in [5.74, 6) is -2.26. The van der Waals surface area contributed by atoms with Gasteiger partial charge in [0.25, 0.3) is 0 Å². The number of benzene rings is 1. The van der Waals surface area contributed by atoms with Gasteiger partial charge < -0.3 is 9.64 Å². The van der Waals surface area contributed by atoms with Gasteiger partial charge in [0.1, 0.15) is 11.7 Å². The van der Waals surface area contributed by atoms with Crippen LogP contribution in [0.25, 0.3) is 0 Å². The lowest BCUT2D eigenvalue weighted by molar-refractivity contribution is -0.132. The molecule has 4 nitrogen and oxygen atoms in total. The topological polar surface area (TPSA) is 53.3 Å². The van der Waals surface area contributed by atoms with E-state index in [-0.39, 0.29) is 18.3 Å². The fraction of sp³-hybridized carbons (Fsp3) is 0.500. The predicted octanol–water partition coefficient (Wildman–Crippen LogP) is 2.89. The third-order valence-electron chi connectivity index (χ3n) is 3.66. The first kappa shape index (κ1) is 16.2. The summed E-state index contributed by atoms with van der Waals surface area (Å²) in [4.78, 5) is 13.8. The highest BCUT2D eigenvalue weighted by atomic mass is 19.1. The third kappa shape index (κ3) is 4.17. The van der Waals surface area contributed by atoms with Gasteiger partial charge in [-0.15, -0.1) is 0 Å². The number of carbonyl (C=O) groups is 1. The minimum absolute atomic E-state index is 0.0271. The summed E-state index contributed by atoms with van der Waals surface area (Å²) in [5.41, 5.74) is 0. The molecule has 0 aromatic heterocycles. The first-order valence-electron chi connectivity index (χ1n) is 7.38. The van der Waals surface area contributed by atoms with Crippen LogP contribution in [0.15, 0.2) is 18.2 Å². The fourth-order valence-electron chi connectivity index (χ4n) is 2.46. The van der Waals surface area contributed by atoms with Crippen molar-refractivity contribution in [3.8, 4) is 11.8 Å².